The fourth-order valence-electron chi connectivity index (χ4n) is 1.11. The Hall–Kier alpha value is -1.37. The normalized spacial score (nSPS) is 10.3. The van der Waals surface area contributed by atoms with Gasteiger partial charge in [0, 0.05) is 11.6 Å². The average molecular weight is 142 g/mol. The zero-order chi connectivity index (χ0) is 7.68. The molecule has 1 aromatic carbocycles. The topological polar surface area (TPSA) is 12.9 Å². The van der Waals surface area contributed by atoms with E-state index >= 15 is 0 Å². The number of pyridine rings is 1. The summed E-state index contributed by atoms with van der Waals surface area (Å²) in [6.45, 7) is 2.02. The van der Waals surface area contributed by atoms with Crippen LogP contribution in [0, 0.1) is 13.0 Å². The van der Waals surface area contributed by atoms with Gasteiger partial charge in [0.15, 0.2) is 0 Å². The van der Waals surface area contributed by atoms with Gasteiger partial charge in [-0.1, -0.05) is 6.07 Å². The van der Waals surface area contributed by atoms with E-state index in [2.05, 4.69) is 11.1 Å². The van der Waals surface area contributed by atoms with Gasteiger partial charge in [-0.3, -0.25) is 4.98 Å². The fourth-order valence-corrected chi connectivity index (χ4v) is 1.11. The van der Waals surface area contributed by atoms with E-state index in [0.717, 1.165) is 16.5 Å². The monoisotopic (exact) mass is 142 g/mol. The minimum absolute atomic E-state index is 1.05. The summed E-state index contributed by atoms with van der Waals surface area (Å²) in [5.74, 6) is 0. The van der Waals surface area contributed by atoms with Crippen LogP contribution in [0.1, 0.15) is 5.56 Å². The van der Waals surface area contributed by atoms with Gasteiger partial charge in [0.25, 0.3) is 0 Å². The first-order valence-corrected chi connectivity index (χ1v) is 3.59. The van der Waals surface area contributed by atoms with Crippen LogP contribution in [0.4, 0.5) is 0 Å². The molecule has 0 aliphatic rings. The third-order valence-electron chi connectivity index (χ3n) is 1.68. The third kappa shape index (κ3) is 1.09. The highest BCUT2D eigenvalue weighted by molar-refractivity contribution is 5.78. The minimum Gasteiger partial charge on any atom is -0.256 e. The summed E-state index contributed by atoms with van der Waals surface area (Å²) in [7, 11) is 0. The maximum atomic E-state index is 4.22. The van der Waals surface area contributed by atoms with Crippen molar-refractivity contribution in [3.63, 3.8) is 0 Å². The smallest absolute Gasteiger partial charge is 0.0705 e. The van der Waals surface area contributed by atoms with Gasteiger partial charge in [-0.15, -0.1) is 0 Å². The molecule has 1 nitrogen and oxygen atoms in total. The molecule has 0 fully saturated rings. The number of aryl methyl sites for hydroxylation is 1. The van der Waals surface area contributed by atoms with Gasteiger partial charge in [0.05, 0.1) is 5.52 Å². The molecule has 1 aromatic heterocycles. The molecule has 2 rings (SSSR count). The van der Waals surface area contributed by atoms with E-state index < -0.39 is 0 Å². The van der Waals surface area contributed by atoms with Crippen molar-refractivity contribution in [2.24, 2.45) is 0 Å². The van der Waals surface area contributed by atoms with Gasteiger partial charge in [-0.05, 0) is 36.8 Å². The van der Waals surface area contributed by atoms with Crippen LogP contribution in [-0.4, -0.2) is 4.98 Å². The van der Waals surface area contributed by atoms with Gasteiger partial charge < -0.3 is 0 Å². The molecule has 0 unspecified atom stereocenters. The highest BCUT2D eigenvalue weighted by Gasteiger charge is 1.91. The van der Waals surface area contributed by atoms with Crippen LogP contribution < -0.4 is 0 Å². The molecule has 0 amide bonds. The van der Waals surface area contributed by atoms with Gasteiger partial charge in [0.1, 0.15) is 0 Å². The van der Waals surface area contributed by atoms with Crippen molar-refractivity contribution < 1.29 is 0 Å². The molecule has 0 saturated carbocycles. The molecular weight excluding hydrogens is 134 g/mol. The Balaban J connectivity index is 2.83. The molecular formula is C10H8N. The van der Waals surface area contributed by atoms with E-state index in [1.807, 2.05) is 37.4 Å². The van der Waals surface area contributed by atoms with E-state index in [9.17, 15) is 0 Å². The van der Waals surface area contributed by atoms with Crippen LogP contribution in [0.5, 0.6) is 0 Å². The average Bonchev–Trinajstić information content (AvgIpc) is 2.04. The van der Waals surface area contributed by atoms with Crippen LogP contribution in [0.2, 0.25) is 0 Å². The molecule has 1 radical (unpaired) electrons. The summed E-state index contributed by atoms with van der Waals surface area (Å²) in [5, 5.41) is 1.15. The van der Waals surface area contributed by atoms with Crippen LogP contribution in [-0.2, 0) is 0 Å². The van der Waals surface area contributed by atoms with E-state index in [4.69, 9.17) is 0 Å². The molecule has 0 spiro atoms. The number of fused-ring (bicyclic) bond motifs is 1. The van der Waals surface area contributed by atoms with Gasteiger partial charge in [-0.2, -0.15) is 0 Å². The fraction of sp³-hybridized carbons (Fsp3) is 0.100. The molecule has 0 bridgehead atoms. The molecule has 0 atom stereocenters. The standard InChI is InChI=1S/C10H8N/c1-8-4-5-9-3-2-6-11-10(9)7-8/h2-3,5-7H,1H3. The van der Waals surface area contributed by atoms with Gasteiger partial charge >= 0.3 is 0 Å². The Morgan fingerprint density at radius 3 is 3.27 bits per heavy atom. The molecule has 53 valence electrons. The van der Waals surface area contributed by atoms with E-state index in [-0.39, 0.29) is 0 Å². The second-order valence-electron chi connectivity index (χ2n) is 2.59. The number of rotatable bonds is 0. The first kappa shape index (κ1) is 6.35. The summed E-state index contributed by atoms with van der Waals surface area (Å²) in [6.07, 6.45) is 1.81. The number of aromatic nitrogens is 1. The van der Waals surface area contributed by atoms with E-state index in [1.165, 1.54) is 0 Å². The summed E-state index contributed by atoms with van der Waals surface area (Å²) in [5.41, 5.74) is 2.18. The summed E-state index contributed by atoms with van der Waals surface area (Å²) in [4.78, 5) is 4.22. The minimum atomic E-state index is 1.05. The van der Waals surface area contributed by atoms with Crippen molar-refractivity contribution in [1.82, 2.24) is 4.98 Å². The van der Waals surface area contributed by atoms with Crippen LogP contribution in [0.15, 0.2) is 30.5 Å². The Morgan fingerprint density at radius 1 is 1.45 bits per heavy atom. The highest BCUT2D eigenvalue weighted by Crippen LogP contribution is 2.11. The van der Waals surface area contributed by atoms with Crippen LogP contribution in [0.25, 0.3) is 10.9 Å². The molecule has 0 aliphatic heterocycles. The summed E-state index contributed by atoms with van der Waals surface area (Å²) >= 11 is 0. The highest BCUT2D eigenvalue weighted by atomic mass is 14.6. The lowest BCUT2D eigenvalue weighted by molar-refractivity contribution is 1.38. The number of benzene rings is 1. The van der Waals surface area contributed by atoms with E-state index in [0.29, 0.717) is 0 Å². The van der Waals surface area contributed by atoms with Crippen molar-refractivity contribution in [3.8, 4) is 0 Å². The lowest BCUT2D eigenvalue weighted by Gasteiger charge is -1.95. The number of nitrogens with zero attached hydrogens (tertiary/aromatic N) is 1. The van der Waals surface area contributed by atoms with Crippen molar-refractivity contribution in [2.45, 2.75) is 6.92 Å². The van der Waals surface area contributed by atoms with Crippen LogP contribution in [0.3, 0.4) is 0 Å². The second-order valence-corrected chi connectivity index (χ2v) is 2.59. The predicted octanol–water partition coefficient (Wildman–Crippen LogP) is 2.34. The maximum absolute atomic E-state index is 4.22. The zero-order valence-electron chi connectivity index (χ0n) is 6.33. The van der Waals surface area contributed by atoms with Gasteiger partial charge in [0.2, 0.25) is 0 Å². The lowest BCUT2D eigenvalue weighted by Crippen LogP contribution is -1.78. The molecule has 0 saturated heterocycles. The van der Waals surface area contributed by atoms with Crippen molar-refractivity contribution in [2.75, 3.05) is 0 Å². The number of hydrogen-bond acceptors (Lipinski definition) is 1. The summed E-state index contributed by atoms with van der Waals surface area (Å²) < 4.78 is 0. The molecule has 0 N–H and O–H groups in total. The van der Waals surface area contributed by atoms with E-state index in [1.54, 1.807) is 0 Å². The Bertz CT molecular complexity index is 379. The SMILES string of the molecule is Cc1[c]cc2cccnc2c1. The van der Waals surface area contributed by atoms with Crippen molar-refractivity contribution >= 4 is 10.9 Å². The van der Waals surface area contributed by atoms with Crippen molar-refractivity contribution in [3.05, 3.63) is 42.1 Å². The molecule has 1 heteroatoms. The molecule has 11 heavy (non-hydrogen) atoms. The van der Waals surface area contributed by atoms with Gasteiger partial charge in [-0.25, -0.2) is 0 Å². The molecule has 0 aliphatic carbocycles. The van der Waals surface area contributed by atoms with Crippen LogP contribution >= 0.6 is 0 Å². The Morgan fingerprint density at radius 2 is 2.36 bits per heavy atom. The second kappa shape index (κ2) is 2.35. The molecule has 2 aromatic rings. The molecule has 1 heterocycles. The maximum Gasteiger partial charge on any atom is 0.0705 e. The Kier molecular flexibility index (Phi) is 1.35. The first-order chi connectivity index (χ1) is 5.36. The summed E-state index contributed by atoms with van der Waals surface area (Å²) in [6, 6.07) is 11.1. The first-order valence-electron chi connectivity index (χ1n) is 3.59. The number of hydrogen-bond donors (Lipinski definition) is 0. The Labute approximate surface area is 65.7 Å². The van der Waals surface area contributed by atoms with Crippen molar-refractivity contribution in [1.29, 1.82) is 0 Å². The lowest BCUT2D eigenvalue weighted by atomic mass is 10.1. The third-order valence-corrected chi connectivity index (χ3v) is 1.68. The predicted molar refractivity (Wildman–Crippen MR) is 45.3 cm³/mol. The zero-order valence-corrected chi connectivity index (χ0v) is 6.33. The largest absolute Gasteiger partial charge is 0.256 e. The quantitative estimate of drug-likeness (QED) is 0.550.